The summed E-state index contributed by atoms with van der Waals surface area (Å²) in [5, 5.41) is 36.2. The van der Waals surface area contributed by atoms with E-state index in [1.54, 1.807) is 14.2 Å². The number of aliphatic hydroxyl groups is 1. The minimum absolute atomic E-state index is 0. The maximum absolute atomic E-state index is 10.9. The Bertz CT molecular complexity index is 1740. The number of rotatable bonds is 36. The Hall–Kier alpha value is -0.950. The first-order valence-corrected chi connectivity index (χ1v) is 34.9. The van der Waals surface area contributed by atoms with Gasteiger partial charge in [-0.15, -0.1) is 29.4 Å². The van der Waals surface area contributed by atoms with Crippen molar-refractivity contribution in [3.05, 3.63) is 0 Å². The van der Waals surface area contributed by atoms with E-state index in [1.165, 1.54) is 26.9 Å². The van der Waals surface area contributed by atoms with Crippen LogP contribution in [0.25, 0.3) is 0 Å². The van der Waals surface area contributed by atoms with Crippen LogP contribution in [0.1, 0.15) is 155 Å². The van der Waals surface area contributed by atoms with E-state index in [0.717, 1.165) is 106 Å². The number of esters is 1. The largest absolute Gasteiger partial charge is 1.00 e. The summed E-state index contributed by atoms with van der Waals surface area (Å²) < 4.78 is 78.7. The number of aliphatic hydroxyl groups excluding tert-OH is 1. The predicted octanol–water partition coefficient (Wildman–Crippen LogP) is 3.62. The first-order valence-electron chi connectivity index (χ1n) is 31.3. The average Bonchev–Trinajstić information content (AvgIpc) is 4.54. The van der Waals surface area contributed by atoms with E-state index in [1.807, 2.05) is 0 Å². The molecule has 97 heavy (non-hydrogen) atoms. The van der Waals surface area contributed by atoms with Gasteiger partial charge >= 0.3 is 53.4 Å². The van der Waals surface area contributed by atoms with Gasteiger partial charge < -0.3 is 108 Å². The standard InChI is InChI=1S/C9H19NO4.C9H14O4.C8H15NO4.2C8H12O5.C6H11BrO2.C4H9BrO.C4H7BrO.C4H8O.BrH.ClO.ClH.Na/c1-12-8(13-2)6-4-5-7(10)9(11)14-3;1-7(10)8(11)3-2-4-9-12-5-6-13-9;3*9-6(8(10)11)2-1-3-7-12-4-5-13-7;7-3-1-2-6-8-4-5-9-6;2*5-3-1-2-4-6;1-2-4-5-3-1;;1-2;;/h7-8H,4-6,10H2,1-3H3;9H,2-6H2,1H3;6-7H,1-5,9H2,(H,10,11);2*7H,1-5H2,(H,10,11);6H,1-5H2;6H,1-4H2;4H,1-3H2;1-4H2;1H;;1H;/q;;;;;;;;;;-1;;+1. The third-order valence-electron chi connectivity index (χ3n) is 12.5. The molecule has 0 spiro atoms. The number of carbonyl (C=O) groups is 9. The average molecular weight is 1720 g/mol. The number of carbonyl (C=O) groups excluding carboxylic acids is 6. The zero-order valence-electron chi connectivity index (χ0n) is 56.8. The molecule has 0 bridgehead atoms. The number of unbranched alkanes of at least 4 members (excludes halogenated alkanes) is 2. The Morgan fingerprint density at radius 2 is 0.835 bits per heavy atom. The summed E-state index contributed by atoms with van der Waals surface area (Å²) in [6, 6.07) is -1.31. The van der Waals surface area contributed by atoms with Crippen LogP contribution < -0.4 is 45.7 Å². The van der Waals surface area contributed by atoms with Crippen molar-refractivity contribution < 1.29 is 164 Å². The van der Waals surface area contributed by atoms with E-state index in [9.17, 15) is 43.2 Å². The van der Waals surface area contributed by atoms with Crippen molar-refractivity contribution in [3.63, 3.8) is 0 Å². The van der Waals surface area contributed by atoms with Crippen LogP contribution in [0, 0.1) is 0 Å². The smallest absolute Gasteiger partial charge is 0.769 e. The quantitative estimate of drug-likeness (QED) is 0.00992. The molecule has 0 aromatic carbocycles. The summed E-state index contributed by atoms with van der Waals surface area (Å²) in [7, 11) is 4.48. The van der Waals surface area contributed by atoms with Gasteiger partial charge in [-0.2, -0.15) is 0 Å². The van der Waals surface area contributed by atoms with Crippen LogP contribution in [0.2, 0.25) is 0 Å². The summed E-state index contributed by atoms with van der Waals surface area (Å²) in [5.74, 6) is -6.24. The number of nitrogens with two attached hydrogens (primary N) is 2. The van der Waals surface area contributed by atoms with Gasteiger partial charge in [0.2, 0.25) is 11.6 Å². The number of ether oxygens (including phenoxy) is 14. The molecule has 6 fully saturated rings. The third-order valence-corrected chi connectivity index (χ3v) is 14.2. The number of methoxy groups -OCH3 is 3. The fourth-order valence-electron chi connectivity index (χ4n) is 7.40. The Balaban J connectivity index is -0.000000189. The van der Waals surface area contributed by atoms with Crippen molar-refractivity contribution in [2.45, 2.75) is 204 Å². The Morgan fingerprint density at radius 3 is 1.08 bits per heavy atom. The number of aliphatic carboxylic acids is 3. The molecule has 6 aliphatic heterocycles. The van der Waals surface area contributed by atoms with Crippen LogP contribution in [-0.4, -0.2) is 247 Å². The molecule has 6 saturated heterocycles. The zero-order chi connectivity index (χ0) is 71.4. The first kappa shape index (κ1) is 109. The van der Waals surface area contributed by atoms with Crippen molar-refractivity contribution in [2.24, 2.45) is 11.5 Å². The number of hydrogen-bond donors (Lipinski definition) is 6. The van der Waals surface area contributed by atoms with Gasteiger partial charge in [0.1, 0.15) is 18.4 Å². The molecule has 0 radical (unpaired) electrons. The summed E-state index contributed by atoms with van der Waals surface area (Å²) >= 11 is 13.2. The van der Waals surface area contributed by atoms with Crippen LogP contribution >= 0.6 is 89.0 Å². The van der Waals surface area contributed by atoms with Crippen LogP contribution in [0.3, 0.4) is 0 Å². The van der Waals surface area contributed by atoms with Crippen LogP contribution in [0.4, 0.5) is 0 Å². The van der Waals surface area contributed by atoms with E-state index >= 15 is 0 Å². The van der Waals surface area contributed by atoms with Crippen molar-refractivity contribution in [1.82, 2.24) is 0 Å². The second-order valence-electron chi connectivity index (χ2n) is 20.1. The minimum atomic E-state index is -1.37. The SMILES string of the molecule is Br.BrCCCC1OCCO1.C1CCOC1.CC(=O)C(=O)CCCC1OCCO1.COC(=O)C(N)CCCC(OC)OC.Cl.NC(CCCC1OCCO1)C(=O)O.O=C(O)C(=O)CCCC1OCCO1.O=C(O)C(=O)CCCC1OCCO1.O=CCCCBr.OCCCCBr.[Na+].[O-]Cl. The second kappa shape index (κ2) is 82.3. The van der Waals surface area contributed by atoms with Crippen LogP contribution in [-0.2, 0) is 109 Å². The van der Waals surface area contributed by atoms with E-state index in [4.69, 9.17) is 98.1 Å². The molecule has 8 N–H and O–H groups in total. The Kier molecular flexibility index (Phi) is 92.9. The van der Waals surface area contributed by atoms with Gasteiger partial charge in [0.15, 0.2) is 49.3 Å². The predicted molar refractivity (Wildman–Crippen MR) is 368 cm³/mol. The molecule has 6 rings (SSSR count). The second-order valence-corrected chi connectivity index (χ2v) is 22.5. The first-order chi connectivity index (χ1) is 45.2. The molecule has 2 atom stereocenters. The maximum atomic E-state index is 10.9. The molecule has 2 unspecified atom stereocenters. The molecule has 0 aliphatic carbocycles. The Labute approximate surface area is 640 Å². The molecule has 0 aromatic rings. The molecule has 0 amide bonds. The normalized spacial score (nSPS) is 16.0. The monoisotopic (exact) mass is 1710 g/mol. The molecule has 30 nitrogen and oxygen atoms in total. The van der Waals surface area contributed by atoms with Crippen LogP contribution in [0.15, 0.2) is 0 Å². The fraction of sp³-hybridized carbons (Fsp3) is 0.850. The van der Waals surface area contributed by atoms with Gasteiger partial charge in [0.25, 0.3) is 0 Å². The molecule has 0 saturated carbocycles. The minimum Gasteiger partial charge on any atom is -0.769 e. The van der Waals surface area contributed by atoms with Crippen molar-refractivity contribution in [3.8, 4) is 0 Å². The number of alkyl halides is 3. The van der Waals surface area contributed by atoms with E-state index in [-0.39, 0.29) is 127 Å². The number of ketones is 4. The molecular weight excluding hydrogens is 1610 g/mol. The number of Topliss-reactive ketones (excluding diaryl/α,β-unsaturated/α-hetero) is 4. The Morgan fingerprint density at radius 1 is 0.505 bits per heavy atom. The summed E-state index contributed by atoms with van der Waals surface area (Å²) in [4.78, 5) is 93.7. The number of aldehydes is 1. The molecule has 570 valence electrons. The number of halogens is 6. The number of hydrogen-bond acceptors (Lipinski definition) is 27. The van der Waals surface area contributed by atoms with E-state index in [2.05, 4.69) is 64.4 Å². The molecular formula is C60H109Br4Cl2N2NaO28. The summed E-state index contributed by atoms with van der Waals surface area (Å²) in [6.07, 6.45) is 16.2. The van der Waals surface area contributed by atoms with E-state index < -0.39 is 41.6 Å². The van der Waals surface area contributed by atoms with Gasteiger partial charge in [-0.05, 0) is 122 Å². The fourth-order valence-corrected chi connectivity index (χ4v) is 8.45. The third kappa shape index (κ3) is 74.6. The molecule has 37 heteroatoms. The van der Waals surface area contributed by atoms with Gasteiger partial charge in [0.05, 0.1) is 73.2 Å². The topological polar surface area (TPSA) is 439 Å². The van der Waals surface area contributed by atoms with Gasteiger partial charge in [-0.1, -0.05) is 47.8 Å². The molecule has 0 aromatic heterocycles. The van der Waals surface area contributed by atoms with E-state index in [0.29, 0.717) is 124 Å². The van der Waals surface area contributed by atoms with Crippen LogP contribution in [0.5, 0.6) is 0 Å². The van der Waals surface area contributed by atoms with Crippen molar-refractivity contribution in [1.29, 1.82) is 0 Å². The summed E-state index contributed by atoms with van der Waals surface area (Å²) in [6.45, 7) is 10.0. The number of carboxylic acid groups (broad SMARTS) is 3. The van der Waals surface area contributed by atoms with Gasteiger partial charge in [-0.3, -0.25) is 28.8 Å². The van der Waals surface area contributed by atoms with Gasteiger partial charge in [0, 0.05) is 82.6 Å². The molecule has 6 aliphatic rings. The van der Waals surface area contributed by atoms with Crippen molar-refractivity contribution in [2.75, 3.05) is 123 Å². The zero-order valence-corrected chi connectivity index (χ0v) is 66.9. The van der Waals surface area contributed by atoms with Gasteiger partial charge in [-0.25, -0.2) is 21.5 Å². The molecule has 6 heterocycles. The summed E-state index contributed by atoms with van der Waals surface area (Å²) in [5.41, 5.74) is 10.9. The number of carboxylic acids is 3. The maximum Gasteiger partial charge on any atom is 1.00 e. The van der Waals surface area contributed by atoms with Crippen molar-refractivity contribution >= 4 is 142 Å².